The largest absolute Gasteiger partial charge is 0.325 e. The Bertz CT molecular complexity index is 494. The molecule has 0 saturated heterocycles. The fraction of sp³-hybridized carbons (Fsp3) is 0.182. The number of aryl methyl sites for hydroxylation is 1. The molecule has 14 heavy (non-hydrogen) atoms. The van der Waals surface area contributed by atoms with Crippen LogP contribution in [0.2, 0.25) is 0 Å². The van der Waals surface area contributed by atoms with Crippen molar-refractivity contribution in [3.05, 3.63) is 46.5 Å². The van der Waals surface area contributed by atoms with Gasteiger partial charge in [-0.2, -0.15) is 0 Å². The van der Waals surface area contributed by atoms with Gasteiger partial charge in [-0.3, -0.25) is 4.57 Å². The number of benzene rings is 1. The summed E-state index contributed by atoms with van der Waals surface area (Å²) < 4.78 is 1.63. The number of imidazole rings is 1. The topological polar surface area (TPSA) is 37.8 Å². The summed E-state index contributed by atoms with van der Waals surface area (Å²) in [4.78, 5) is 14.1. The second-order valence-electron chi connectivity index (χ2n) is 3.33. The molecule has 3 nitrogen and oxygen atoms in total. The predicted octanol–water partition coefficient (Wildman–Crippen LogP) is 1.69. The molecule has 0 spiro atoms. The average molecular weight is 188 g/mol. The summed E-state index contributed by atoms with van der Waals surface area (Å²) in [6, 6.07) is 9.88. The van der Waals surface area contributed by atoms with Crippen LogP contribution in [0.5, 0.6) is 0 Å². The standard InChI is InChI=1S/C11H12N2O/c1-8-10(13(2)11(14)12-8)9-6-4-3-5-7-9/h3-7H,1-2H3,(H,12,14). The summed E-state index contributed by atoms with van der Waals surface area (Å²) >= 11 is 0. The molecular formula is C11H12N2O. The van der Waals surface area contributed by atoms with Crippen molar-refractivity contribution in [1.82, 2.24) is 9.55 Å². The zero-order chi connectivity index (χ0) is 10.1. The SMILES string of the molecule is Cc1[nH]c(=O)n(C)c1-c1ccccc1. The van der Waals surface area contributed by atoms with Gasteiger partial charge in [0.25, 0.3) is 0 Å². The number of aromatic amines is 1. The van der Waals surface area contributed by atoms with Crippen LogP contribution in [0.15, 0.2) is 35.1 Å². The Balaban J connectivity index is 2.69. The molecular weight excluding hydrogens is 176 g/mol. The van der Waals surface area contributed by atoms with Crippen LogP contribution in [-0.4, -0.2) is 9.55 Å². The van der Waals surface area contributed by atoms with E-state index >= 15 is 0 Å². The molecule has 0 unspecified atom stereocenters. The maximum Gasteiger partial charge on any atom is 0.325 e. The minimum absolute atomic E-state index is 0.0682. The smallest absolute Gasteiger partial charge is 0.309 e. The maximum atomic E-state index is 11.3. The lowest BCUT2D eigenvalue weighted by molar-refractivity contribution is 0.869. The summed E-state index contributed by atoms with van der Waals surface area (Å²) in [5.74, 6) is 0. The lowest BCUT2D eigenvalue weighted by atomic mass is 10.1. The minimum atomic E-state index is -0.0682. The van der Waals surface area contributed by atoms with Gasteiger partial charge in [-0.05, 0) is 6.92 Å². The van der Waals surface area contributed by atoms with E-state index in [1.165, 1.54) is 0 Å². The van der Waals surface area contributed by atoms with Crippen molar-refractivity contribution in [3.63, 3.8) is 0 Å². The molecule has 1 aromatic carbocycles. The van der Waals surface area contributed by atoms with Crippen molar-refractivity contribution in [2.75, 3.05) is 0 Å². The van der Waals surface area contributed by atoms with Crippen molar-refractivity contribution in [2.45, 2.75) is 6.92 Å². The Kier molecular flexibility index (Phi) is 2.00. The number of hydrogen-bond donors (Lipinski definition) is 1. The Morgan fingerprint density at radius 3 is 2.36 bits per heavy atom. The van der Waals surface area contributed by atoms with Gasteiger partial charge in [0.05, 0.1) is 5.69 Å². The highest BCUT2D eigenvalue weighted by Crippen LogP contribution is 2.19. The van der Waals surface area contributed by atoms with E-state index < -0.39 is 0 Å². The third-order valence-electron chi connectivity index (χ3n) is 2.34. The Labute approximate surface area is 82.0 Å². The van der Waals surface area contributed by atoms with Gasteiger partial charge in [0.15, 0.2) is 0 Å². The summed E-state index contributed by atoms with van der Waals surface area (Å²) in [6.07, 6.45) is 0. The van der Waals surface area contributed by atoms with Gasteiger partial charge in [-0.1, -0.05) is 30.3 Å². The molecule has 0 aliphatic heterocycles. The Morgan fingerprint density at radius 1 is 1.21 bits per heavy atom. The fourth-order valence-electron chi connectivity index (χ4n) is 1.66. The van der Waals surface area contributed by atoms with E-state index in [9.17, 15) is 4.79 Å². The Hall–Kier alpha value is -1.77. The summed E-state index contributed by atoms with van der Waals surface area (Å²) in [7, 11) is 1.77. The molecule has 2 aromatic rings. The number of hydrogen-bond acceptors (Lipinski definition) is 1. The van der Waals surface area contributed by atoms with Crippen molar-refractivity contribution >= 4 is 0 Å². The van der Waals surface area contributed by atoms with Gasteiger partial charge in [-0.15, -0.1) is 0 Å². The number of nitrogens with zero attached hydrogens (tertiary/aromatic N) is 1. The van der Waals surface area contributed by atoms with Gasteiger partial charge < -0.3 is 4.98 Å². The van der Waals surface area contributed by atoms with Crippen molar-refractivity contribution in [1.29, 1.82) is 0 Å². The van der Waals surface area contributed by atoms with Gasteiger partial charge >= 0.3 is 5.69 Å². The highest BCUT2D eigenvalue weighted by atomic mass is 16.1. The first-order valence-electron chi connectivity index (χ1n) is 4.51. The molecule has 0 radical (unpaired) electrons. The van der Waals surface area contributed by atoms with Gasteiger partial charge in [0.2, 0.25) is 0 Å². The highest BCUT2D eigenvalue weighted by molar-refractivity contribution is 5.61. The molecule has 1 N–H and O–H groups in total. The first-order chi connectivity index (χ1) is 6.70. The molecule has 0 aliphatic carbocycles. The van der Waals surface area contributed by atoms with Crippen molar-refractivity contribution in [3.8, 4) is 11.3 Å². The van der Waals surface area contributed by atoms with Crippen LogP contribution >= 0.6 is 0 Å². The summed E-state index contributed by atoms with van der Waals surface area (Å²) in [5, 5.41) is 0. The van der Waals surface area contributed by atoms with E-state index in [4.69, 9.17) is 0 Å². The maximum absolute atomic E-state index is 11.3. The molecule has 2 rings (SSSR count). The van der Waals surface area contributed by atoms with Crippen molar-refractivity contribution < 1.29 is 0 Å². The normalized spacial score (nSPS) is 10.4. The highest BCUT2D eigenvalue weighted by Gasteiger charge is 2.08. The average Bonchev–Trinajstić information content (AvgIpc) is 2.43. The predicted molar refractivity (Wildman–Crippen MR) is 56.2 cm³/mol. The van der Waals surface area contributed by atoms with Crippen LogP contribution in [0.4, 0.5) is 0 Å². The van der Waals surface area contributed by atoms with E-state index in [0.29, 0.717) is 0 Å². The van der Waals surface area contributed by atoms with E-state index in [2.05, 4.69) is 4.98 Å². The lowest BCUT2D eigenvalue weighted by Crippen LogP contribution is -2.12. The van der Waals surface area contributed by atoms with Gasteiger partial charge in [0, 0.05) is 18.3 Å². The fourth-order valence-corrected chi connectivity index (χ4v) is 1.66. The summed E-state index contributed by atoms with van der Waals surface area (Å²) in [5.41, 5.74) is 2.85. The van der Waals surface area contributed by atoms with Crippen molar-refractivity contribution in [2.24, 2.45) is 7.05 Å². The zero-order valence-corrected chi connectivity index (χ0v) is 8.24. The monoisotopic (exact) mass is 188 g/mol. The third-order valence-corrected chi connectivity index (χ3v) is 2.34. The number of H-pyrrole nitrogens is 1. The van der Waals surface area contributed by atoms with Crippen LogP contribution in [0.25, 0.3) is 11.3 Å². The molecule has 0 saturated carbocycles. The molecule has 0 fully saturated rings. The quantitative estimate of drug-likeness (QED) is 0.726. The number of aromatic nitrogens is 2. The number of rotatable bonds is 1. The van der Waals surface area contributed by atoms with E-state index in [0.717, 1.165) is 17.0 Å². The molecule has 1 heterocycles. The minimum Gasteiger partial charge on any atom is -0.309 e. The molecule has 72 valence electrons. The lowest BCUT2D eigenvalue weighted by Gasteiger charge is -2.02. The molecule has 0 amide bonds. The molecule has 3 heteroatoms. The van der Waals surface area contributed by atoms with Crippen LogP contribution in [0.1, 0.15) is 5.69 Å². The van der Waals surface area contributed by atoms with Gasteiger partial charge in [-0.25, -0.2) is 4.79 Å². The number of nitrogens with one attached hydrogen (secondary N) is 1. The van der Waals surface area contributed by atoms with E-state index in [1.54, 1.807) is 11.6 Å². The molecule has 1 aromatic heterocycles. The molecule has 0 atom stereocenters. The van der Waals surface area contributed by atoms with Crippen LogP contribution in [-0.2, 0) is 7.05 Å². The summed E-state index contributed by atoms with van der Waals surface area (Å²) in [6.45, 7) is 1.91. The first kappa shape index (κ1) is 8.81. The second-order valence-corrected chi connectivity index (χ2v) is 3.33. The zero-order valence-electron chi connectivity index (χ0n) is 8.24. The van der Waals surface area contributed by atoms with Crippen LogP contribution < -0.4 is 5.69 Å². The molecule has 0 bridgehead atoms. The molecule has 0 aliphatic rings. The van der Waals surface area contributed by atoms with Gasteiger partial charge in [0.1, 0.15) is 0 Å². The third kappa shape index (κ3) is 1.27. The van der Waals surface area contributed by atoms with E-state index in [-0.39, 0.29) is 5.69 Å². The van der Waals surface area contributed by atoms with E-state index in [1.807, 2.05) is 37.3 Å². The second kappa shape index (κ2) is 3.18. The van der Waals surface area contributed by atoms with Crippen LogP contribution in [0.3, 0.4) is 0 Å². The first-order valence-corrected chi connectivity index (χ1v) is 4.51. The Morgan fingerprint density at radius 2 is 1.86 bits per heavy atom. The van der Waals surface area contributed by atoms with Crippen LogP contribution in [0, 0.1) is 6.92 Å².